The number of esters is 1. The average molecular weight is 216 g/mol. The maximum absolute atomic E-state index is 11.0. The minimum absolute atomic E-state index is 0.206. The van der Waals surface area contributed by atoms with Gasteiger partial charge in [0, 0.05) is 11.8 Å². The molecule has 1 N–H and O–H groups in total. The van der Waals surface area contributed by atoms with E-state index in [-0.39, 0.29) is 18.0 Å². The molecular weight excluding hydrogens is 192 g/mol. The van der Waals surface area contributed by atoms with E-state index in [4.69, 9.17) is 4.74 Å². The minimum atomic E-state index is -0.505. The number of aliphatic hydroxyl groups excluding tert-OH is 1. The van der Waals surface area contributed by atoms with Gasteiger partial charge in [-0.15, -0.1) is 0 Å². The molecule has 0 radical (unpaired) electrons. The number of hydrogen-bond acceptors (Lipinski definition) is 3. The van der Waals surface area contributed by atoms with Crippen molar-refractivity contribution in [3.8, 4) is 0 Å². The summed E-state index contributed by atoms with van der Waals surface area (Å²) in [4.78, 5) is 11.0. The second-order valence-corrected chi connectivity index (χ2v) is 5.77. The van der Waals surface area contributed by atoms with Crippen LogP contribution in [0.1, 0.15) is 48.0 Å². The van der Waals surface area contributed by atoms with Gasteiger partial charge in [-0.3, -0.25) is 4.79 Å². The molecule has 0 spiro atoms. The lowest BCUT2D eigenvalue weighted by atomic mass is 9.73. The van der Waals surface area contributed by atoms with Crippen LogP contribution in [0.2, 0.25) is 0 Å². The molecule has 15 heavy (non-hydrogen) atoms. The predicted molar refractivity (Wildman–Crippen MR) is 60.5 cm³/mol. The monoisotopic (exact) mass is 216 g/mol. The Morgan fingerprint density at radius 1 is 1.27 bits per heavy atom. The Bertz CT molecular complexity index is 213. The van der Waals surface area contributed by atoms with E-state index in [2.05, 4.69) is 0 Å². The average Bonchev–Trinajstić information content (AvgIpc) is 2.11. The summed E-state index contributed by atoms with van der Waals surface area (Å²) in [5.74, 6) is -0.218. The number of ether oxygens (including phenoxy) is 1. The SMILES string of the molecule is CCC(=O)OCC(C)(C)C(O)C(C)(C)C. The summed E-state index contributed by atoms with van der Waals surface area (Å²) in [5, 5.41) is 10.1. The molecule has 0 aliphatic heterocycles. The Hall–Kier alpha value is -0.570. The summed E-state index contributed by atoms with van der Waals surface area (Å²) < 4.78 is 5.07. The Balaban J connectivity index is 4.35. The lowest BCUT2D eigenvalue weighted by molar-refractivity contribution is -0.151. The van der Waals surface area contributed by atoms with Crippen LogP contribution in [0.3, 0.4) is 0 Å². The van der Waals surface area contributed by atoms with Crippen molar-refractivity contribution in [1.29, 1.82) is 0 Å². The van der Waals surface area contributed by atoms with Crippen LogP contribution in [-0.4, -0.2) is 23.8 Å². The molecule has 0 saturated heterocycles. The van der Waals surface area contributed by atoms with Gasteiger partial charge in [-0.2, -0.15) is 0 Å². The number of carbonyl (C=O) groups excluding carboxylic acids is 1. The van der Waals surface area contributed by atoms with Gasteiger partial charge in [0.15, 0.2) is 0 Å². The molecule has 0 aromatic carbocycles. The highest BCUT2D eigenvalue weighted by atomic mass is 16.5. The zero-order valence-corrected chi connectivity index (χ0v) is 10.8. The van der Waals surface area contributed by atoms with E-state index in [9.17, 15) is 9.90 Å². The summed E-state index contributed by atoms with van der Waals surface area (Å²) in [5.41, 5.74) is -0.620. The molecule has 0 aliphatic rings. The van der Waals surface area contributed by atoms with Crippen molar-refractivity contribution >= 4 is 5.97 Å². The Morgan fingerprint density at radius 2 is 1.73 bits per heavy atom. The lowest BCUT2D eigenvalue weighted by Crippen LogP contribution is -2.43. The van der Waals surface area contributed by atoms with Crippen LogP contribution in [0, 0.1) is 10.8 Å². The first-order valence-corrected chi connectivity index (χ1v) is 5.45. The standard InChI is InChI=1S/C12H24O3/c1-7-9(13)15-8-12(5,6)10(14)11(2,3)4/h10,14H,7-8H2,1-6H3. The molecular formula is C12H24O3. The quantitative estimate of drug-likeness (QED) is 0.734. The molecule has 0 rings (SSSR count). The van der Waals surface area contributed by atoms with E-state index in [1.54, 1.807) is 6.92 Å². The summed E-state index contributed by atoms with van der Waals surface area (Å²) in [7, 11) is 0. The molecule has 0 bridgehead atoms. The molecule has 0 aliphatic carbocycles. The first-order chi connectivity index (χ1) is 6.61. The molecule has 1 unspecified atom stereocenters. The Morgan fingerprint density at radius 3 is 2.07 bits per heavy atom. The third-order valence-corrected chi connectivity index (χ3v) is 2.45. The number of rotatable bonds is 4. The minimum Gasteiger partial charge on any atom is -0.465 e. The molecule has 0 aromatic rings. The molecule has 3 heteroatoms. The van der Waals surface area contributed by atoms with Gasteiger partial charge in [-0.05, 0) is 5.41 Å². The second-order valence-electron chi connectivity index (χ2n) is 5.77. The normalized spacial score (nSPS) is 14.9. The Labute approximate surface area is 92.8 Å². The fourth-order valence-corrected chi connectivity index (χ4v) is 1.62. The number of hydrogen-bond donors (Lipinski definition) is 1. The highest BCUT2D eigenvalue weighted by molar-refractivity contribution is 5.68. The van der Waals surface area contributed by atoms with Gasteiger partial charge in [-0.1, -0.05) is 41.5 Å². The van der Waals surface area contributed by atoms with Crippen molar-refractivity contribution in [2.24, 2.45) is 10.8 Å². The van der Waals surface area contributed by atoms with Gasteiger partial charge in [0.1, 0.15) is 0 Å². The van der Waals surface area contributed by atoms with E-state index >= 15 is 0 Å². The molecule has 1 atom stereocenters. The summed E-state index contributed by atoms with van der Waals surface area (Å²) in [6.07, 6.45) is -0.128. The molecule has 90 valence electrons. The van der Waals surface area contributed by atoms with Crippen LogP contribution in [0.25, 0.3) is 0 Å². The van der Waals surface area contributed by atoms with Crippen molar-refractivity contribution < 1.29 is 14.6 Å². The van der Waals surface area contributed by atoms with Crippen molar-refractivity contribution in [1.82, 2.24) is 0 Å². The fourth-order valence-electron chi connectivity index (χ4n) is 1.62. The fraction of sp³-hybridized carbons (Fsp3) is 0.917. The summed E-state index contributed by atoms with van der Waals surface area (Å²) in [6, 6.07) is 0. The smallest absolute Gasteiger partial charge is 0.305 e. The lowest BCUT2D eigenvalue weighted by Gasteiger charge is -2.38. The largest absolute Gasteiger partial charge is 0.465 e. The molecule has 3 nitrogen and oxygen atoms in total. The predicted octanol–water partition coefficient (Wildman–Crippen LogP) is 2.37. The van der Waals surface area contributed by atoms with Gasteiger partial charge < -0.3 is 9.84 Å². The highest BCUT2D eigenvalue weighted by Crippen LogP contribution is 2.33. The molecule has 0 saturated carbocycles. The first kappa shape index (κ1) is 14.4. The van der Waals surface area contributed by atoms with Crippen molar-refractivity contribution in [2.75, 3.05) is 6.61 Å². The van der Waals surface area contributed by atoms with E-state index in [1.807, 2.05) is 34.6 Å². The Kier molecular flexibility index (Phi) is 4.78. The third-order valence-electron chi connectivity index (χ3n) is 2.45. The number of aliphatic hydroxyl groups is 1. The zero-order valence-electron chi connectivity index (χ0n) is 10.8. The summed E-state index contributed by atoms with van der Waals surface area (Å²) >= 11 is 0. The van der Waals surface area contributed by atoms with Gasteiger partial charge in [0.25, 0.3) is 0 Å². The second kappa shape index (κ2) is 4.97. The molecule has 0 aromatic heterocycles. The van der Waals surface area contributed by atoms with Crippen LogP contribution in [0.4, 0.5) is 0 Å². The number of carbonyl (C=O) groups is 1. The maximum Gasteiger partial charge on any atom is 0.305 e. The van der Waals surface area contributed by atoms with Gasteiger partial charge in [0.05, 0.1) is 12.7 Å². The van der Waals surface area contributed by atoms with Crippen LogP contribution >= 0.6 is 0 Å². The van der Waals surface area contributed by atoms with Gasteiger partial charge in [0.2, 0.25) is 0 Å². The topological polar surface area (TPSA) is 46.5 Å². The van der Waals surface area contributed by atoms with Gasteiger partial charge in [-0.25, -0.2) is 0 Å². The van der Waals surface area contributed by atoms with Crippen molar-refractivity contribution in [3.63, 3.8) is 0 Å². The molecule has 0 heterocycles. The highest BCUT2D eigenvalue weighted by Gasteiger charge is 2.37. The summed E-state index contributed by atoms with van der Waals surface area (Å²) in [6.45, 7) is 11.8. The molecule has 0 fully saturated rings. The van der Waals surface area contributed by atoms with Crippen LogP contribution in [0.15, 0.2) is 0 Å². The van der Waals surface area contributed by atoms with E-state index in [0.717, 1.165) is 0 Å². The van der Waals surface area contributed by atoms with E-state index in [0.29, 0.717) is 6.42 Å². The maximum atomic E-state index is 11.0. The zero-order chi connectivity index (χ0) is 12.3. The van der Waals surface area contributed by atoms with Crippen molar-refractivity contribution in [2.45, 2.75) is 54.1 Å². The van der Waals surface area contributed by atoms with E-state index in [1.165, 1.54) is 0 Å². The third kappa shape index (κ3) is 4.65. The first-order valence-electron chi connectivity index (χ1n) is 5.45. The van der Waals surface area contributed by atoms with Crippen LogP contribution < -0.4 is 0 Å². The van der Waals surface area contributed by atoms with Gasteiger partial charge >= 0.3 is 5.97 Å². The van der Waals surface area contributed by atoms with Crippen LogP contribution in [0.5, 0.6) is 0 Å². The van der Waals surface area contributed by atoms with Crippen molar-refractivity contribution in [3.05, 3.63) is 0 Å². The molecule has 0 amide bonds. The van der Waals surface area contributed by atoms with Crippen LogP contribution in [-0.2, 0) is 9.53 Å². The van der Waals surface area contributed by atoms with E-state index < -0.39 is 11.5 Å².